The molecule has 0 fully saturated rings. The first-order chi connectivity index (χ1) is 15.1. The number of phenols is 1. The summed E-state index contributed by atoms with van der Waals surface area (Å²) < 4.78 is 0. The van der Waals surface area contributed by atoms with Gasteiger partial charge in [0, 0.05) is 16.1 Å². The van der Waals surface area contributed by atoms with Gasteiger partial charge in [-0.25, -0.2) is 0 Å². The third-order valence-electron chi connectivity index (χ3n) is 5.01. The molecule has 4 rings (SSSR count). The zero-order valence-electron chi connectivity index (χ0n) is 17.8. The second kappa shape index (κ2) is 10.8. The van der Waals surface area contributed by atoms with Crippen LogP contribution in [0.1, 0.15) is 43.4 Å². The van der Waals surface area contributed by atoms with E-state index in [4.69, 9.17) is 16.6 Å². The van der Waals surface area contributed by atoms with Crippen LogP contribution in [0.25, 0.3) is 0 Å². The van der Waals surface area contributed by atoms with Crippen molar-refractivity contribution in [1.82, 2.24) is 0 Å². The predicted molar refractivity (Wildman–Crippen MR) is 128 cm³/mol. The van der Waals surface area contributed by atoms with Crippen molar-refractivity contribution < 1.29 is 9.90 Å². The topological polar surface area (TPSA) is 61.7 Å². The first-order valence-electron chi connectivity index (χ1n) is 10.6. The smallest absolute Gasteiger partial charge is 0.249 e. The summed E-state index contributed by atoms with van der Waals surface area (Å²) in [5.74, 6) is 0.0679. The van der Waals surface area contributed by atoms with E-state index in [1.54, 1.807) is 36.4 Å². The Morgan fingerprint density at radius 1 is 1.00 bits per heavy atom. The average Bonchev–Trinajstić information content (AvgIpc) is 2.93. The fraction of sp³-hybridized carbons (Fsp3) is 0.231. The molecule has 0 bridgehead atoms. The van der Waals surface area contributed by atoms with Gasteiger partial charge in [0.05, 0.1) is 11.4 Å². The van der Waals surface area contributed by atoms with Crippen LogP contribution in [0.15, 0.2) is 77.8 Å². The Balaban J connectivity index is 0.00000132. The molecule has 0 aromatic heterocycles. The number of hydrogen-bond donors (Lipinski definition) is 2. The van der Waals surface area contributed by atoms with E-state index in [9.17, 15) is 9.90 Å². The third-order valence-corrected chi connectivity index (χ3v) is 5.24. The molecule has 2 N–H and O–H groups in total. The van der Waals surface area contributed by atoms with Crippen molar-refractivity contribution in [2.45, 2.75) is 39.2 Å². The van der Waals surface area contributed by atoms with Crippen LogP contribution in [-0.2, 0) is 11.2 Å². The van der Waals surface area contributed by atoms with E-state index in [0.717, 1.165) is 24.0 Å². The molecule has 0 saturated heterocycles. The lowest BCUT2D eigenvalue weighted by Crippen LogP contribution is -2.25. The van der Waals surface area contributed by atoms with Crippen LogP contribution in [0.2, 0.25) is 5.02 Å². The molecular weight excluding hydrogens is 408 g/mol. The van der Waals surface area contributed by atoms with Crippen molar-refractivity contribution in [3.63, 3.8) is 0 Å². The number of nitrogens with zero attached hydrogens (tertiary/aromatic N) is 1. The lowest BCUT2D eigenvalue weighted by molar-refractivity contribution is -0.117. The summed E-state index contributed by atoms with van der Waals surface area (Å²) in [6, 6.07) is 22.0. The van der Waals surface area contributed by atoms with E-state index in [0.29, 0.717) is 22.8 Å². The molecule has 1 heterocycles. The number of aliphatic imine (C=N–C) groups is 1. The number of aromatic hydroxyl groups is 1. The molecule has 0 spiro atoms. The van der Waals surface area contributed by atoms with Crippen molar-refractivity contribution in [3.05, 3.63) is 94.5 Å². The van der Waals surface area contributed by atoms with Gasteiger partial charge < -0.3 is 10.4 Å². The minimum Gasteiger partial charge on any atom is -0.508 e. The normalized spacial score (nSPS) is 15.0. The number of anilines is 1. The number of carbonyl (C=O) groups is 1. The fourth-order valence-electron chi connectivity index (χ4n) is 3.51. The highest BCUT2D eigenvalue weighted by molar-refractivity contribution is 6.32. The number of hydrogen-bond acceptors (Lipinski definition) is 3. The Kier molecular flexibility index (Phi) is 7.85. The van der Waals surface area contributed by atoms with Gasteiger partial charge in [-0.05, 0) is 67.3 Å². The number of amides is 1. The van der Waals surface area contributed by atoms with E-state index in [1.165, 1.54) is 5.56 Å². The highest BCUT2D eigenvalue weighted by Crippen LogP contribution is 2.28. The van der Waals surface area contributed by atoms with Gasteiger partial charge in [-0.15, -0.1) is 0 Å². The van der Waals surface area contributed by atoms with Gasteiger partial charge in [0.25, 0.3) is 0 Å². The fourth-order valence-corrected chi connectivity index (χ4v) is 3.68. The lowest BCUT2D eigenvalue weighted by atomic mass is 10.00. The Morgan fingerprint density at radius 3 is 2.42 bits per heavy atom. The van der Waals surface area contributed by atoms with Crippen molar-refractivity contribution in [1.29, 1.82) is 0 Å². The Labute approximate surface area is 188 Å². The van der Waals surface area contributed by atoms with Crippen LogP contribution in [0.5, 0.6) is 5.75 Å². The summed E-state index contributed by atoms with van der Waals surface area (Å²) in [5, 5.41) is 13.2. The SMILES string of the molecule is CC.O=C1Nc2ccc(Cl)cc2C(c2ccc(O)cc2)=NC1CCCc1ccccc1. The predicted octanol–water partition coefficient (Wildman–Crippen LogP) is 6.25. The first kappa shape index (κ1) is 22.6. The minimum absolute atomic E-state index is 0.115. The number of rotatable bonds is 5. The lowest BCUT2D eigenvalue weighted by Gasteiger charge is -2.11. The number of carbonyl (C=O) groups excluding carboxylic acids is 1. The van der Waals surface area contributed by atoms with Gasteiger partial charge in [0.2, 0.25) is 5.91 Å². The largest absolute Gasteiger partial charge is 0.508 e. The number of fused-ring (bicyclic) bond motifs is 1. The van der Waals surface area contributed by atoms with Gasteiger partial charge in [-0.2, -0.15) is 0 Å². The molecule has 0 radical (unpaired) electrons. The molecule has 4 nitrogen and oxygen atoms in total. The van der Waals surface area contributed by atoms with Crippen LogP contribution in [0, 0.1) is 0 Å². The molecule has 3 aromatic rings. The van der Waals surface area contributed by atoms with E-state index in [1.807, 2.05) is 38.1 Å². The van der Waals surface area contributed by atoms with Crippen LogP contribution < -0.4 is 5.32 Å². The van der Waals surface area contributed by atoms with Gasteiger partial charge in [0.15, 0.2) is 0 Å². The van der Waals surface area contributed by atoms with Gasteiger partial charge in [0.1, 0.15) is 11.8 Å². The molecular formula is C26H27ClN2O2. The number of nitrogens with one attached hydrogen (secondary N) is 1. The average molecular weight is 435 g/mol. The number of benzene rings is 3. The van der Waals surface area contributed by atoms with Crippen molar-refractivity contribution >= 4 is 28.9 Å². The zero-order chi connectivity index (χ0) is 22.2. The van der Waals surface area contributed by atoms with Gasteiger partial charge in [-0.3, -0.25) is 9.79 Å². The molecule has 0 saturated carbocycles. The number of phenolic OH excluding ortho intramolecular Hbond substituents is 1. The number of halogens is 1. The number of aryl methyl sites for hydroxylation is 1. The molecule has 1 amide bonds. The summed E-state index contributed by atoms with van der Waals surface area (Å²) in [5.41, 5.74) is 4.25. The second-order valence-electron chi connectivity index (χ2n) is 7.10. The van der Waals surface area contributed by atoms with Gasteiger partial charge in [-0.1, -0.05) is 55.8 Å². The standard InChI is InChI=1S/C24H21ClN2O2.C2H6/c25-18-11-14-21-20(15-18)23(17-9-12-19(28)13-10-17)26-22(24(29)27-21)8-4-7-16-5-2-1-3-6-16;1-2/h1-3,5-6,9-15,22,28H,4,7-8H2,(H,27,29);1-2H3. The molecule has 1 atom stereocenters. The Bertz CT molecular complexity index is 1050. The highest BCUT2D eigenvalue weighted by atomic mass is 35.5. The van der Waals surface area contributed by atoms with E-state index in [2.05, 4.69) is 17.4 Å². The molecule has 3 aromatic carbocycles. The van der Waals surface area contributed by atoms with Crippen LogP contribution in [0.3, 0.4) is 0 Å². The molecule has 1 aliphatic rings. The van der Waals surface area contributed by atoms with E-state index < -0.39 is 6.04 Å². The maximum Gasteiger partial charge on any atom is 0.249 e. The van der Waals surface area contributed by atoms with E-state index in [-0.39, 0.29) is 11.7 Å². The maximum atomic E-state index is 12.8. The summed E-state index contributed by atoms with van der Waals surface area (Å²) in [6.45, 7) is 4.00. The minimum atomic E-state index is -0.492. The summed E-state index contributed by atoms with van der Waals surface area (Å²) in [6.07, 6.45) is 2.39. The van der Waals surface area contributed by atoms with Crippen LogP contribution in [-0.4, -0.2) is 22.8 Å². The summed E-state index contributed by atoms with van der Waals surface area (Å²) in [4.78, 5) is 17.7. The third kappa shape index (κ3) is 5.74. The quantitative estimate of drug-likeness (QED) is 0.498. The maximum absolute atomic E-state index is 12.8. The second-order valence-corrected chi connectivity index (χ2v) is 7.53. The highest BCUT2D eigenvalue weighted by Gasteiger charge is 2.25. The zero-order valence-corrected chi connectivity index (χ0v) is 18.6. The van der Waals surface area contributed by atoms with Crippen LogP contribution in [0.4, 0.5) is 5.69 Å². The summed E-state index contributed by atoms with van der Waals surface area (Å²) >= 11 is 6.22. The molecule has 1 unspecified atom stereocenters. The Morgan fingerprint density at radius 2 is 1.71 bits per heavy atom. The van der Waals surface area contributed by atoms with E-state index >= 15 is 0 Å². The van der Waals surface area contributed by atoms with Crippen molar-refractivity contribution in [3.8, 4) is 5.75 Å². The molecule has 160 valence electrons. The molecule has 31 heavy (non-hydrogen) atoms. The Hall–Kier alpha value is -3.11. The van der Waals surface area contributed by atoms with Gasteiger partial charge >= 0.3 is 0 Å². The van der Waals surface area contributed by atoms with Crippen molar-refractivity contribution in [2.75, 3.05) is 5.32 Å². The monoisotopic (exact) mass is 434 g/mol. The number of benzodiazepines with no additional fused rings is 1. The molecule has 5 heteroatoms. The summed E-state index contributed by atoms with van der Waals surface area (Å²) in [7, 11) is 0. The van der Waals surface area contributed by atoms with Crippen LogP contribution >= 0.6 is 11.6 Å². The first-order valence-corrected chi connectivity index (χ1v) is 11.0. The molecule has 1 aliphatic heterocycles. The molecule has 0 aliphatic carbocycles. The van der Waals surface area contributed by atoms with Crippen molar-refractivity contribution in [2.24, 2.45) is 4.99 Å².